The number of hydrogen-bond acceptors (Lipinski definition) is 3. The van der Waals surface area contributed by atoms with Crippen molar-refractivity contribution in [1.82, 2.24) is 15.4 Å². The van der Waals surface area contributed by atoms with E-state index in [0.717, 1.165) is 29.9 Å². The van der Waals surface area contributed by atoms with Gasteiger partial charge in [-0.25, -0.2) is 9.99 Å². The molecule has 0 radical (unpaired) electrons. The van der Waals surface area contributed by atoms with E-state index in [1.165, 1.54) is 6.42 Å². The molecule has 0 aliphatic carbocycles. The van der Waals surface area contributed by atoms with Crippen molar-refractivity contribution in [2.75, 3.05) is 13.1 Å². The quantitative estimate of drug-likeness (QED) is 0.797. The summed E-state index contributed by atoms with van der Waals surface area (Å²) in [6.45, 7) is 3.10. The number of hydrogen-bond donors (Lipinski definition) is 1. The van der Waals surface area contributed by atoms with Gasteiger partial charge in [0.1, 0.15) is 4.60 Å². The van der Waals surface area contributed by atoms with E-state index in [1.807, 2.05) is 18.2 Å². The molecular weight excluding hydrogens is 230 g/mol. The van der Waals surface area contributed by atoms with Crippen LogP contribution in [0.15, 0.2) is 22.8 Å². The van der Waals surface area contributed by atoms with E-state index in [9.17, 15) is 0 Å². The molecule has 2 heterocycles. The highest BCUT2D eigenvalue weighted by Gasteiger charge is 2.11. The molecule has 1 aliphatic rings. The summed E-state index contributed by atoms with van der Waals surface area (Å²) in [7, 11) is 0. The van der Waals surface area contributed by atoms with Gasteiger partial charge in [0.05, 0.1) is 12.2 Å². The molecule has 70 valence electrons. The van der Waals surface area contributed by atoms with Gasteiger partial charge in [0.25, 0.3) is 0 Å². The topological polar surface area (TPSA) is 28.2 Å². The monoisotopic (exact) mass is 241 g/mol. The van der Waals surface area contributed by atoms with E-state index in [1.54, 1.807) is 0 Å². The molecule has 0 bridgehead atoms. The van der Waals surface area contributed by atoms with Crippen LogP contribution in [0.5, 0.6) is 0 Å². The Morgan fingerprint density at radius 3 is 3.15 bits per heavy atom. The maximum Gasteiger partial charge on any atom is 0.106 e. The van der Waals surface area contributed by atoms with Crippen LogP contribution < -0.4 is 5.43 Å². The third-order valence-electron chi connectivity index (χ3n) is 2.07. The van der Waals surface area contributed by atoms with Crippen LogP contribution in [-0.2, 0) is 6.54 Å². The Hall–Kier alpha value is -0.450. The number of hydrazine groups is 1. The molecule has 0 aromatic carbocycles. The molecule has 1 aliphatic heterocycles. The van der Waals surface area contributed by atoms with Crippen molar-refractivity contribution in [2.24, 2.45) is 0 Å². The lowest BCUT2D eigenvalue weighted by Gasteiger charge is -2.14. The molecule has 4 heteroatoms. The van der Waals surface area contributed by atoms with Crippen molar-refractivity contribution < 1.29 is 0 Å². The smallest absolute Gasteiger partial charge is 0.106 e. The maximum absolute atomic E-state index is 4.37. The zero-order valence-corrected chi connectivity index (χ0v) is 8.92. The van der Waals surface area contributed by atoms with Crippen LogP contribution in [-0.4, -0.2) is 23.1 Å². The number of halogens is 1. The lowest BCUT2D eigenvalue weighted by molar-refractivity contribution is 0.241. The standard InChI is InChI=1S/C9H12BrN3/c10-9-4-1-3-8(12-9)7-13-6-2-5-11-13/h1,3-4,11H,2,5-7H2. The summed E-state index contributed by atoms with van der Waals surface area (Å²) in [6.07, 6.45) is 1.23. The molecule has 0 spiro atoms. The lowest BCUT2D eigenvalue weighted by atomic mass is 10.3. The summed E-state index contributed by atoms with van der Waals surface area (Å²) in [5, 5.41) is 2.20. The fraction of sp³-hybridized carbons (Fsp3) is 0.444. The summed E-state index contributed by atoms with van der Waals surface area (Å²) >= 11 is 3.36. The van der Waals surface area contributed by atoms with E-state index in [4.69, 9.17) is 0 Å². The molecule has 1 N–H and O–H groups in total. The number of aromatic nitrogens is 1. The Bertz CT molecular complexity index is 284. The van der Waals surface area contributed by atoms with Crippen LogP contribution >= 0.6 is 15.9 Å². The Balaban J connectivity index is 2.00. The summed E-state index contributed by atoms with van der Waals surface area (Å²) in [5.41, 5.74) is 4.40. The highest BCUT2D eigenvalue weighted by atomic mass is 79.9. The average molecular weight is 242 g/mol. The first-order valence-electron chi connectivity index (χ1n) is 4.44. The predicted octanol–water partition coefficient (Wildman–Crippen LogP) is 1.55. The van der Waals surface area contributed by atoms with Crippen LogP contribution in [0.4, 0.5) is 0 Å². The molecule has 2 rings (SSSR count). The van der Waals surface area contributed by atoms with Gasteiger partial charge in [-0.3, -0.25) is 5.43 Å². The van der Waals surface area contributed by atoms with Crippen LogP contribution in [0, 0.1) is 0 Å². The van der Waals surface area contributed by atoms with Gasteiger partial charge >= 0.3 is 0 Å². The summed E-state index contributed by atoms with van der Waals surface area (Å²) in [5.74, 6) is 0. The number of nitrogens with zero attached hydrogens (tertiary/aromatic N) is 2. The lowest BCUT2D eigenvalue weighted by Crippen LogP contribution is -2.30. The SMILES string of the molecule is Brc1cccc(CN2CCCN2)n1. The van der Waals surface area contributed by atoms with Gasteiger partial charge in [0, 0.05) is 13.1 Å². The molecule has 1 fully saturated rings. The van der Waals surface area contributed by atoms with Crippen LogP contribution in [0.1, 0.15) is 12.1 Å². The molecule has 0 unspecified atom stereocenters. The normalized spacial score (nSPS) is 17.9. The van der Waals surface area contributed by atoms with Crippen LogP contribution in [0.2, 0.25) is 0 Å². The number of nitrogens with one attached hydrogen (secondary N) is 1. The zero-order chi connectivity index (χ0) is 9.10. The van der Waals surface area contributed by atoms with Gasteiger partial charge in [0.2, 0.25) is 0 Å². The maximum atomic E-state index is 4.37. The van der Waals surface area contributed by atoms with E-state index in [2.05, 4.69) is 31.3 Å². The van der Waals surface area contributed by atoms with Gasteiger partial charge in [-0.05, 0) is 34.5 Å². The fourth-order valence-corrected chi connectivity index (χ4v) is 1.84. The Morgan fingerprint density at radius 2 is 2.46 bits per heavy atom. The molecule has 0 saturated carbocycles. The van der Waals surface area contributed by atoms with Crippen LogP contribution in [0.25, 0.3) is 0 Å². The molecular formula is C9H12BrN3. The van der Waals surface area contributed by atoms with Gasteiger partial charge < -0.3 is 0 Å². The highest BCUT2D eigenvalue weighted by Crippen LogP contribution is 2.09. The van der Waals surface area contributed by atoms with Crippen molar-refractivity contribution in [3.63, 3.8) is 0 Å². The third-order valence-corrected chi connectivity index (χ3v) is 2.51. The van der Waals surface area contributed by atoms with E-state index < -0.39 is 0 Å². The minimum Gasteiger partial charge on any atom is -0.255 e. The first-order chi connectivity index (χ1) is 6.34. The zero-order valence-electron chi connectivity index (χ0n) is 7.33. The van der Waals surface area contributed by atoms with Crippen LogP contribution in [0.3, 0.4) is 0 Å². The molecule has 1 saturated heterocycles. The summed E-state index contributed by atoms with van der Waals surface area (Å²) < 4.78 is 0.907. The second-order valence-corrected chi connectivity index (χ2v) is 3.95. The number of pyridine rings is 1. The molecule has 3 nitrogen and oxygen atoms in total. The van der Waals surface area contributed by atoms with Crippen molar-refractivity contribution in [1.29, 1.82) is 0 Å². The Kier molecular flexibility index (Phi) is 2.93. The van der Waals surface area contributed by atoms with E-state index in [0.29, 0.717) is 0 Å². The largest absolute Gasteiger partial charge is 0.255 e. The second kappa shape index (κ2) is 4.17. The van der Waals surface area contributed by atoms with E-state index in [-0.39, 0.29) is 0 Å². The first-order valence-corrected chi connectivity index (χ1v) is 5.24. The Labute approximate surface area is 86.3 Å². The number of rotatable bonds is 2. The third kappa shape index (κ3) is 2.49. The minimum absolute atomic E-state index is 0.888. The van der Waals surface area contributed by atoms with Gasteiger partial charge in [0.15, 0.2) is 0 Å². The van der Waals surface area contributed by atoms with E-state index >= 15 is 0 Å². The molecule has 0 atom stereocenters. The van der Waals surface area contributed by atoms with Crippen molar-refractivity contribution in [2.45, 2.75) is 13.0 Å². The fourth-order valence-electron chi connectivity index (χ4n) is 1.46. The van der Waals surface area contributed by atoms with Gasteiger partial charge in [-0.15, -0.1) is 0 Å². The average Bonchev–Trinajstić information content (AvgIpc) is 2.57. The van der Waals surface area contributed by atoms with Gasteiger partial charge in [-0.1, -0.05) is 6.07 Å². The highest BCUT2D eigenvalue weighted by molar-refractivity contribution is 9.10. The van der Waals surface area contributed by atoms with Crippen molar-refractivity contribution in [3.8, 4) is 0 Å². The summed E-state index contributed by atoms with van der Waals surface area (Å²) in [4.78, 5) is 4.37. The second-order valence-electron chi connectivity index (χ2n) is 3.13. The van der Waals surface area contributed by atoms with Gasteiger partial charge in [-0.2, -0.15) is 0 Å². The predicted molar refractivity (Wildman–Crippen MR) is 55.0 cm³/mol. The molecule has 1 aromatic rings. The van der Waals surface area contributed by atoms with Crippen molar-refractivity contribution in [3.05, 3.63) is 28.5 Å². The first kappa shape index (κ1) is 9.12. The molecule has 1 aromatic heterocycles. The Morgan fingerprint density at radius 1 is 1.54 bits per heavy atom. The molecule has 0 amide bonds. The van der Waals surface area contributed by atoms with Crippen molar-refractivity contribution >= 4 is 15.9 Å². The summed E-state index contributed by atoms with van der Waals surface area (Å²) in [6, 6.07) is 6.01. The molecule has 13 heavy (non-hydrogen) atoms. The minimum atomic E-state index is 0.888.